The average Bonchev–Trinajstić information content (AvgIpc) is 2.34. The summed E-state index contributed by atoms with van der Waals surface area (Å²) in [5.41, 5.74) is 2.60. The van der Waals surface area contributed by atoms with Crippen LogP contribution >= 0.6 is 11.6 Å². The summed E-state index contributed by atoms with van der Waals surface area (Å²) in [6.45, 7) is 3.93. The van der Waals surface area contributed by atoms with E-state index >= 15 is 0 Å². The Balaban J connectivity index is 2.07. The third kappa shape index (κ3) is 3.07. The first-order valence-corrected chi connectivity index (χ1v) is 7.45. The normalized spacial score (nSPS) is 14.9. The van der Waals surface area contributed by atoms with E-state index in [1.807, 2.05) is 19.1 Å². The summed E-state index contributed by atoms with van der Waals surface area (Å²) in [6, 6.07) is 9.55. The Morgan fingerprint density at radius 2 is 1.64 bits per heavy atom. The van der Waals surface area contributed by atoms with E-state index in [2.05, 4.69) is 11.0 Å². The molecule has 116 valence electrons. The Morgan fingerprint density at radius 3 is 2.23 bits per heavy atom. The molecule has 5 heteroatoms. The van der Waals surface area contributed by atoms with Crippen molar-refractivity contribution < 1.29 is 13.2 Å². The van der Waals surface area contributed by atoms with Crippen LogP contribution in [0.15, 0.2) is 36.4 Å². The van der Waals surface area contributed by atoms with Crippen LogP contribution in [0, 0.1) is 6.92 Å². The predicted octanol–water partition coefficient (Wildman–Crippen LogP) is 5.54. The monoisotopic (exact) mass is 325 g/mol. The average molecular weight is 326 g/mol. The Hall–Kier alpha value is -1.68. The first kappa shape index (κ1) is 15.2. The smallest absolute Gasteiger partial charge is 0.371 e. The minimum absolute atomic E-state index is 0.0943. The van der Waals surface area contributed by atoms with E-state index in [1.54, 1.807) is 6.07 Å². The number of hydrogen-bond donors (Lipinski definition) is 0. The second-order valence-electron chi connectivity index (χ2n) is 5.62. The first-order valence-electron chi connectivity index (χ1n) is 7.08. The molecule has 0 N–H and O–H groups in total. The standard InChI is InChI=1S/C17H15ClF3N/c1-11-5-12(9-16(6-11)22-3-2-4-22)13-7-14(17(19,20)21)10-15(18)8-13/h5-10H,2-4H2,1H3. The maximum Gasteiger partial charge on any atom is 0.416 e. The van der Waals surface area contributed by atoms with Gasteiger partial charge in [-0.3, -0.25) is 0 Å². The fourth-order valence-electron chi connectivity index (χ4n) is 2.61. The number of alkyl halides is 3. The molecule has 0 radical (unpaired) electrons. The van der Waals surface area contributed by atoms with E-state index in [4.69, 9.17) is 11.6 Å². The summed E-state index contributed by atoms with van der Waals surface area (Å²) in [6.07, 6.45) is -3.25. The van der Waals surface area contributed by atoms with Crippen LogP contribution in [-0.2, 0) is 6.18 Å². The van der Waals surface area contributed by atoms with Crippen LogP contribution < -0.4 is 4.90 Å². The van der Waals surface area contributed by atoms with E-state index in [1.165, 1.54) is 0 Å². The van der Waals surface area contributed by atoms with Crippen molar-refractivity contribution in [2.24, 2.45) is 0 Å². The molecule has 1 fully saturated rings. The van der Waals surface area contributed by atoms with Crippen molar-refractivity contribution in [3.05, 3.63) is 52.5 Å². The van der Waals surface area contributed by atoms with E-state index in [9.17, 15) is 13.2 Å². The van der Waals surface area contributed by atoms with Gasteiger partial charge in [-0.15, -0.1) is 0 Å². The summed E-state index contributed by atoms with van der Waals surface area (Å²) in [7, 11) is 0. The molecular formula is C17H15ClF3N. The van der Waals surface area contributed by atoms with Gasteiger partial charge in [0.15, 0.2) is 0 Å². The van der Waals surface area contributed by atoms with Gasteiger partial charge in [0.2, 0.25) is 0 Å². The van der Waals surface area contributed by atoms with E-state index in [0.29, 0.717) is 5.56 Å². The largest absolute Gasteiger partial charge is 0.416 e. The molecule has 3 rings (SSSR count). The van der Waals surface area contributed by atoms with Crippen molar-refractivity contribution in [2.45, 2.75) is 19.5 Å². The maximum atomic E-state index is 12.9. The minimum atomic E-state index is -4.40. The lowest BCUT2D eigenvalue weighted by Gasteiger charge is -2.33. The highest BCUT2D eigenvalue weighted by Gasteiger charge is 2.31. The third-order valence-electron chi connectivity index (χ3n) is 3.84. The van der Waals surface area contributed by atoms with E-state index in [0.717, 1.165) is 48.5 Å². The summed E-state index contributed by atoms with van der Waals surface area (Å²) in [5.74, 6) is 0. The predicted molar refractivity (Wildman–Crippen MR) is 83.5 cm³/mol. The van der Waals surface area contributed by atoms with Crippen LogP contribution in [0.1, 0.15) is 17.5 Å². The van der Waals surface area contributed by atoms with Crippen molar-refractivity contribution in [1.29, 1.82) is 0 Å². The van der Waals surface area contributed by atoms with Gasteiger partial charge < -0.3 is 4.90 Å². The fraction of sp³-hybridized carbons (Fsp3) is 0.294. The van der Waals surface area contributed by atoms with Crippen molar-refractivity contribution in [2.75, 3.05) is 18.0 Å². The van der Waals surface area contributed by atoms with Gasteiger partial charge in [0.05, 0.1) is 5.56 Å². The summed E-state index contributed by atoms with van der Waals surface area (Å²) < 4.78 is 38.8. The Bertz CT molecular complexity index is 706. The highest BCUT2D eigenvalue weighted by atomic mass is 35.5. The van der Waals surface area contributed by atoms with Gasteiger partial charge in [0.1, 0.15) is 0 Å². The number of aryl methyl sites for hydroxylation is 1. The van der Waals surface area contributed by atoms with Gasteiger partial charge >= 0.3 is 6.18 Å². The van der Waals surface area contributed by atoms with Gasteiger partial charge in [-0.05, 0) is 60.4 Å². The van der Waals surface area contributed by atoms with Crippen molar-refractivity contribution in [1.82, 2.24) is 0 Å². The molecule has 0 unspecified atom stereocenters. The molecule has 1 aliphatic heterocycles. The van der Waals surface area contributed by atoms with Crippen LogP contribution in [0.5, 0.6) is 0 Å². The summed E-state index contributed by atoms with van der Waals surface area (Å²) in [4.78, 5) is 2.21. The number of benzene rings is 2. The lowest BCUT2D eigenvalue weighted by molar-refractivity contribution is -0.137. The lowest BCUT2D eigenvalue weighted by atomic mass is 9.99. The zero-order chi connectivity index (χ0) is 15.9. The van der Waals surface area contributed by atoms with Crippen LogP contribution in [0.25, 0.3) is 11.1 Å². The van der Waals surface area contributed by atoms with Gasteiger partial charge in [-0.25, -0.2) is 0 Å². The molecule has 0 saturated carbocycles. The molecule has 0 amide bonds. The lowest BCUT2D eigenvalue weighted by Crippen LogP contribution is -2.36. The van der Waals surface area contributed by atoms with Gasteiger partial charge in [0, 0.05) is 23.8 Å². The topological polar surface area (TPSA) is 3.24 Å². The van der Waals surface area contributed by atoms with Gasteiger partial charge in [-0.2, -0.15) is 13.2 Å². The van der Waals surface area contributed by atoms with Gasteiger partial charge in [-0.1, -0.05) is 17.7 Å². The van der Waals surface area contributed by atoms with E-state index < -0.39 is 11.7 Å². The molecular weight excluding hydrogens is 311 g/mol. The molecule has 1 heterocycles. The quantitative estimate of drug-likeness (QED) is 0.700. The van der Waals surface area contributed by atoms with Gasteiger partial charge in [0.25, 0.3) is 0 Å². The van der Waals surface area contributed by atoms with Crippen molar-refractivity contribution >= 4 is 17.3 Å². The molecule has 1 nitrogen and oxygen atoms in total. The number of nitrogens with zero attached hydrogens (tertiary/aromatic N) is 1. The Labute approximate surface area is 132 Å². The molecule has 0 bridgehead atoms. The first-order chi connectivity index (χ1) is 10.3. The molecule has 0 spiro atoms. The molecule has 0 atom stereocenters. The van der Waals surface area contributed by atoms with E-state index in [-0.39, 0.29) is 5.02 Å². The molecule has 0 aromatic heterocycles. The maximum absolute atomic E-state index is 12.9. The molecule has 2 aromatic carbocycles. The third-order valence-corrected chi connectivity index (χ3v) is 4.06. The highest BCUT2D eigenvalue weighted by molar-refractivity contribution is 6.31. The number of anilines is 1. The number of hydrogen-bond acceptors (Lipinski definition) is 1. The zero-order valence-electron chi connectivity index (χ0n) is 12.0. The summed E-state index contributed by atoms with van der Waals surface area (Å²) in [5, 5.41) is 0.0943. The second-order valence-corrected chi connectivity index (χ2v) is 6.06. The fourth-order valence-corrected chi connectivity index (χ4v) is 2.84. The number of halogens is 4. The molecule has 1 aliphatic rings. The van der Waals surface area contributed by atoms with Crippen LogP contribution in [0.3, 0.4) is 0 Å². The van der Waals surface area contributed by atoms with Crippen molar-refractivity contribution in [3.63, 3.8) is 0 Å². The van der Waals surface area contributed by atoms with Crippen LogP contribution in [0.4, 0.5) is 18.9 Å². The molecule has 2 aromatic rings. The highest BCUT2D eigenvalue weighted by Crippen LogP contribution is 2.36. The minimum Gasteiger partial charge on any atom is -0.371 e. The SMILES string of the molecule is Cc1cc(-c2cc(Cl)cc(C(F)(F)F)c2)cc(N2CCC2)c1. The zero-order valence-corrected chi connectivity index (χ0v) is 12.8. The molecule has 22 heavy (non-hydrogen) atoms. The Kier molecular flexibility index (Phi) is 3.81. The number of rotatable bonds is 2. The van der Waals surface area contributed by atoms with Crippen molar-refractivity contribution in [3.8, 4) is 11.1 Å². The Morgan fingerprint density at radius 1 is 0.955 bits per heavy atom. The second kappa shape index (κ2) is 5.51. The molecule has 0 aliphatic carbocycles. The van der Waals surface area contributed by atoms with Crippen LogP contribution in [0.2, 0.25) is 5.02 Å². The molecule has 1 saturated heterocycles. The van der Waals surface area contributed by atoms with Crippen LogP contribution in [-0.4, -0.2) is 13.1 Å². The summed E-state index contributed by atoms with van der Waals surface area (Å²) >= 11 is 5.88.